The normalized spacial score (nSPS) is 11.0. The number of benzene rings is 2. The second kappa shape index (κ2) is 6.15. The summed E-state index contributed by atoms with van der Waals surface area (Å²) in [5.74, 6) is 0. The van der Waals surface area contributed by atoms with Crippen molar-refractivity contribution in [3.8, 4) is 0 Å². The minimum Gasteiger partial charge on any atom is -0.256 e. The minimum atomic E-state index is 0.998. The van der Waals surface area contributed by atoms with Crippen molar-refractivity contribution in [3.63, 3.8) is 0 Å². The van der Waals surface area contributed by atoms with Crippen LogP contribution >= 0.6 is 0 Å². The molecule has 0 fully saturated rings. The van der Waals surface area contributed by atoms with Crippen molar-refractivity contribution in [1.82, 2.24) is 0 Å². The molecule has 0 amide bonds. The Hall–Kier alpha value is -1.89. The molecule has 0 spiro atoms. The van der Waals surface area contributed by atoms with Gasteiger partial charge in [-0.25, -0.2) is 0 Å². The van der Waals surface area contributed by atoms with Gasteiger partial charge in [-0.3, -0.25) is 4.99 Å². The highest BCUT2D eigenvalue weighted by atomic mass is 14.7. The van der Waals surface area contributed by atoms with Crippen molar-refractivity contribution in [2.75, 3.05) is 0 Å². The highest BCUT2D eigenvalue weighted by Gasteiger charge is 1.92. The van der Waals surface area contributed by atoms with Crippen LogP contribution in [0.5, 0.6) is 0 Å². The molecule has 0 N–H and O–H groups in total. The van der Waals surface area contributed by atoms with E-state index in [1.165, 1.54) is 17.5 Å². The fraction of sp³-hybridized carbons (Fsp3) is 0.235. The van der Waals surface area contributed by atoms with E-state index in [9.17, 15) is 0 Å². The molecule has 0 saturated heterocycles. The van der Waals surface area contributed by atoms with Gasteiger partial charge in [0, 0.05) is 6.21 Å². The number of aliphatic imine (C=N–C) groups is 1. The van der Waals surface area contributed by atoms with E-state index in [-0.39, 0.29) is 0 Å². The summed E-state index contributed by atoms with van der Waals surface area (Å²) in [4.78, 5) is 4.47. The lowest BCUT2D eigenvalue weighted by molar-refractivity contribution is 0.922. The van der Waals surface area contributed by atoms with Crippen molar-refractivity contribution < 1.29 is 0 Å². The Bertz CT molecular complexity index is 506. The number of nitrogens with zero attached hydrogens (tertiary/aromatic N) is 1. The largest absolute Gasteiger partial charge is 0.256 e. The summed E-state index contributed by atoms with van der Waals surface area (Å²) in [5, 5.41) is 0. The van der Waals surface area contributed by atoms with Crippen molar-refractivity contribution in [1.29, 1.82) is 0 Å². The molecule has 0 saturated carbocycles. The van der Waals surface area contributed by atoms with Gasteiger partial charge in [-0.05, 0) is 36.6 Å². The molecule has 0 radical (unpaired) electrons. The van der Waals surface area contributed by atoms with Crippen LogP contribution < -0.4 is 0 Å². The smallest absolute Gasteiger partial charge is 0.0630 e. The first kappa shape index (κ1) is 12.6. The maximum absolute atomic E-state index is 4.47. The van der Waals surface area contributed by atoms with Crippen LogP contribution in [-0.2, 0) is 6.42 Å². The Morgan fingerprint density at radius 1 is 0.944 bits per heavy atom. The van der Waals surface area contributed by atoms with Gasteiger partial charge in [0.1, 0.15) is 0 Å². The first-order valence-electron chi connectivity index (χ1n) is 6.47. The fourth-order valence-corrected chi connectivity index (χ4v) is 1.84. The van der Waals surface area contributed by atoms with Gasteiger partial charge < -0.3 is 0 Å². The first-order valence-corrected chi connectivity index (χ1v) is 6.47. The summed E-state index contributed by atoms with van der Waals surface area (Å²) in [6.45, 7) is 4.28. The molecular formula is C17H19N. The fourth-order valence-electron chi connectivity index (χ4n) is 1.84. The minimum absolute atomic E-state index is 0.998. The van der Waals surface area contributed by atoms with Crippen LogP contribution in [0.3, 0.4) is 0 Å². The Kier molecular flexibility index (Phi) is 4.30. The number of aryl methyl sites for hydroxylation is 2. The van der Waals surface area contributed by atoms with E-state index >= 15 is 0 Å². The van der Waals surface area contributed by atoms with Crippen LogP contribution in [0, 0.1) is 6.92 Å². The lowest BCUT2D eigenvalue weighted by Crippen LogP contribution is -1.85. The molecule has 2 aromatic rings. The molecule has 0 aliphatic rings. The number of rotatable bonds is 4. The van der Waals surface area contributed by atoms with Gasteiger partial charge in [0.2, 0.25) is 0 Å². The van der Waals surface area contributed by atoms with Crippen LogP contribution in [0.1, 0.15) is 30.0 Å². The molecule has 18 heavy (non-hydrogen) atoms. The molecule has 0 unspecified atom stereocenters. The molecule has 0 aliphatic carbocycles. The molecule has 1 heteroatoms. The van der Waals surface area contributed by atoms with Gasteiger partial charge in [0.15, 0.2) is 0 Å². The molecule has 2 rings (SSSR count). The Balaban J connectivity index is 2.06. The van der Waals surface area contributed by atoms with E-state index in [4.69, 9.17) is 0 Å². The molecule has 0 bridgehead atoms. The van der Waals surface area contributed by atoms with Gasteiger partial charge in [-0.15, -0.1) is 0 Å². The summed E-state index contributed by atoms with van der Waals surface area (Å²) in [7, 11) is 0. The molecule has 2 aromatic carbocycles. The lowest BCUT2D eigenvalue weighted by Gasteiger charge is -1.99. The zero-order chi connectivity index (χ0) is 12.8. The maximum Gasteiger partial charge on any atom is 0.0630 e. The predicted octanol–water partition coefficient (Wildman–Crippen LogP) is 4.70. The molecule has 0 atom stereocenters. The topological polar surface area (TPSA) is 12.4 Å². The first-order chi connectivity index (χ1) is 8.78. The van der Waals surface area contributed by atoms with Gasteiger partial charge in [0.05, 0.1) is 5.69 Å². The van der Waals surface area contributed by atoms with Crippen molar-refractivity contribution in [3.05, 3.63) is 65.2 Å². The van der Waals surface area contributed by atoms with E-state index < -0.39 is 0 Å². The van der Waals surface area contributed by atoms with Crippen LogP contribution in [-0.4, -0.2) is 6.21 Å². The third-order valence-electron chi connectivity index (χ3n) is 2.92. The Labute approximate surface area is 109 Å². The molecular weight excluding hydrogens is 218 g/mol. The summed E-state index contributed by atoms with van der Waals surface area (Å²) < 4.78 is 0. The van der Waals surface area contributed by atoms with E-state index in [0.717, 1.165) is 17.7 Å². The zero-order valence-electron chi connectivity index (χ0n) is 11.1. The van der Waals surface area contributed by atoms with E-state index in [1.807, 2.05) is 18.3 Å². The third-order valence-corrected chi connectivity index (χ3v) is 2.92. The molecule has 0 aliphatic heterocycles. The van der Waals surface area contributed by atoms with E-state index in [2.05, 4.69) is 55.2 Å². The summed E-state index contributed by atoms with van der Waals surface area (Å²) >= 11 is 0. The molecule has 0 aromatic heterocycles. The average Bonchev–Trinajstić information content (AvgIpc) is 2.40. The summed E-state index contributed by atoms with van der Waals surface area (Å²) in [6, 6.07) is 16.9. The van der Waals surface area contributed by atoms with Gasteiger partial charge >= 0.3 is 0 Å². The van der Waals surface area contributed by atoms with Gasteiger partial charge in [-0.1, -0.05) is 55.3 Å². The third kappa shape index (κ3) is 3.56. The average molecular weight is 237 g/mol. The van der Waals surface area contributed by atoms with Crippen molar-refractivity contribution in [2.24, 2.45) is 4.99 Å². The quantitative estimate of drug-likeness (QED) is 0.683. The number of hydrogen-bond donors (Lipinski definition) is 0. The van der Waals surface area contributed by atoms with Gasteiger partial charge in [0.25, 0.3) is 0 Å². The Morgan fingerprint density at radius 3 is 2.22 bits per heavy atom. The summed E-state index contributed by atoms with van der Waals surface area (Å²) in [5.41, 5.74) is 4.80. The predicted molar refractivity (Wildman–Crippen MR) is 78.9 cm³/mol. The highest BCUT2D eigenvalue weighted by molar-refractivity contribution is 5.81. The van der Waals surface area contributed by atoms with Crippen LogP contribution in [0.15, 0.2) is 53.5 Å². The van der Waals surface area contributed by atoms with Crippen LogP contribution in [0.2, 0.25) is 0 Å². The number of hydrogen-bond acceptors (Lipinski definition) is 1. The lowest BCUT2D eigenvalue weighted by atomic mass is 10.1. The van der Waals surface area contributed by atoms with Crippen LogP contribution in [0.25, 0.3) is 0 Å². The second-order valence-corrected chi connectivity index (χ2v) is 4.59. The van der Waals surface area contributed by atoms with Crippen molar-refractivity contribution in [2.45, 2.75) is 26.7 Å². The standard InChI is InChI=1S/C17H19N/c1-3-4-15-7-9-16(10-8-15)13-18-17-11-5-14(2)6-12-17/h5-13H,3-4H2,1-2H3. The molecule has 0 heterocycles. The van der Waals surface area contributed by atoms with Gasteiger partial charge in [-0.2, -0.15) is 0 Å². The maximum atomic E-state index is 4.47. The highest BCUT2D eigenvalue weighted by Crippen LogP contribution is 2.13. The SMILES string of the molecule is CCCc1ccc(C=Nc2ccc(C)cc2)cc1. The van der Waals surface area contributed by atoms with Crippen molar-refractivity contribution >= 4 is 11.9 Å². The summed E-state index contributed by atoms with van der Waals surface area (Å²) in [6.07, 6.45) is 4.26. The van der Waals surface area contributed by atoms with E-state index in [1.54, 1.807) is 0 Å². The second-order valence-electron chi connectivity index (χ2n) is 4.59. The zero-order valence-corrected chi connectivity index (χ0v) is 11.1. The Morgan fingerprint density at radius 2 is 1.61 bits per heavy atom. The van der Waals surface area contributed by atoms with E-state index in [0.29, 0.717) is 0 Å². The monoisotopic (exact) mass is 237 g/mol. The van der Waals surface area contributed by atoms with Crippen LogP contribution in [0.4, 0.5) is 5.69 Å². The molecule has 1 nitrogen and oxygen atoms in total. The molecule has 92 valence electrons.